The SMILES string of the molecule is COc1ccc(CNc2ccc(NC(=O)C(C)C)nc2)cc1. The molecule has 0 saturated heterocycles. The van der Waals surface area contributed by atoms with E-state index >= 15 is 0 Å². The topological polar surface area (TPSA) is 63.2 Å². The summed E-state index contributed by atoms with van der Waals surface area (Å²) >= 11 is 0. The molecular formula is C17H21N3O2. The molecule has 2 N–H and O–H groups in total. The largest absolute Gasteiger partial charge is 0.497 e. The van der Waals surface area contributed by atoms with Crippen LogP contribution in [0.5, 0.6) is 5.75 Å². The second kappa shape index (κ2) is 7.45. The molecule has 1 aromatic heterocycles. The van der Waals surface area contributed by atoms with Gasteiger partial charge in [-0.1, -0.05) is 26.0 Å². The van der Waals surface area contributed by atoms with Crippen molar-refractivity contribution in [2.75, 3.05) is 17.7 Å². The number of aromatic nitrogens is 1. The Kier molecular flexibility index (Phi) is 5.36. The zero-order chi connectivity index (χ0) is 15.9. The predicted molar refractivity (Wildman–Crippen MR) is 88.0 cm³/mol. The van der Waals surface area contributed by atoms with Gasteiger partial charge in [0, 0.05) is 12.5 Å². The Morgan fingerprint density at radius 3 is 2.45 bits per heavy atom. The maximum Gasteiger partial charge on any atom is 0.228 e. The summed E-state index contributed by atoms with van der Waals surface area (Å²) in [5, 5.41) is 6.05. The van der Waals surface area contributed by atoms with Crippen LogP contribution in [-0.2, 0) is 11.3 Å². The predicted octanol–water partition coefficient (Wildman–Crippen LogP) is 3.30. The van der Waals surface area contributed by atoms with Gasteiger partial charge in [-0.15, -0.1) is 0 Å². The first-order chi connectivity index (χ1) is 10.6. The fourth-order valence-electron chi connectivity index (χ4n) is 1.79. The number of hydrogen-bond acceptors (Lipinski definition) is 4. The minimum Gasteiger partial charge on any atom is -0.497 e. The van der Waals surface area contributed by atoms with Crippen LogP contribution in [0.15, 0.2) is 42.6 Å². The number of nitrogens with zero attached hydrogens (tertiary/aromatic N) is 1. The highest BCUT2D eigenvalue weighted by molar-refractivity contribution is 5.91. The molecule has 22 heavy (non-hydrogen) atoms. The molecule has 116 valence electrons. The first kappa shape index (κ1) is 15.8. The summed E-state index contributed by atoms with van der Waals surface area (Å²) in [6, 6.07) is 11.6. The molecule has 0 spiro atoms. The molecule has 5 heteroatoms. The maximum atomic E-state index is 11.6. The summed E-state index contributed by atoms with van der Waals surface area (Å²) in [7, 11) is 1.65. The average Bonchev–Trinajstić information content (AvgIpc) is 2.54. The third-order valence-corrected chi connectivity index (χ3v) is 3.19. The van der Waals surface area contributed by atoms with Crippen LogP contribution in [0.25, 0.3) is 0 Å². The van der Waals surface area contributed by atoms with Crippen LogP contribution in [0.1, 0.15) is 19.4 Å². The van der Waals surface area contributed by atoms with E-state index in [0.717, 1.165) is 17.0 Å². The fraction of sp³-hybridized carbons (Fsp3) is 0.294. The Morgan fingerprint density at radius 2 is 1.91 bits per heavy atom. The number of amides is 1. The van der Waals surface area contributed by atoms with Crippen molar-refractivity contribution in [1.29, 1.82) is 0 Å². The van der Waals surface area contributed by atoms with Crippen LogP contribution >= 0.6 is 0 Å². The van der Waals surface area contributed by atoms with Crippen molar-refractivity contribution in [1.82, 2.24) is 4.98 Å². The number of rotatable bonds is 6. The van der Waals surface area contributed by atoms with Gasteiger partial charge in [0.1, 0.15) is 11.6 Å². The molecule has 0 bridgehead atoms. The van der Waals surface area contributed by atoms with Crippen LogP contribution in [0.4, 0.5) is 11.5 Å². The lowest BCUT2D eigenvalue weighted by Gasteiger charge is -2.09. The molecule has 0 aliphatic heterocycles. The molecule has 1 amide bonds. The number of ether oxygens (including phenoxy) is 1. The van der Waals surface area contributed by atoms with Crippen molar-refractivity contribution in [2.45, 2.75) is 20.4 Å². The van der Waals surface area contributed by atoms with E-state index in [2.05, 4.69) is 15.6 Å². The molecule has 0 aliphatic carbocycles. The number of carbonyl (C=O) groups excluding carboxylic acids is 1. The summed E-state index contributed by atoms with van der Waals surface area (Å²) < 4.78 is 5.13. The normalized spacial score (nSPS) is 10.4. The van der Waals surface area contributed by atoms with E-state index < -0.39 is 0 Å². The van der Waals surface area contributed by atoms with Crippen molar-refractivity contribution in [3.8, 4) is 5.75 Å². The van der Waals surface area contributed by atoms with E-state index in [1.807, 2.05) is 44.2 Å². The third kappa shape index (κ3) is 4.48. The smallest absolute Gasteiger partial charge is 0.228 e. The Morgan fingerprint density at radius 1 is 1.18 bits per heavy atom. The van der Waals surface area contributed by atoms with Gasteiger partial charge in [0.2, 0.25) is 5.91 Å². The van der Waals surface area contributed by atoms with Crippen molar-refractivity contribution < 1.29 is 9.53 Å². The Labute approximate surface area is 130 Å². The zero-order valence-electron chi connectivity index (χ0n) is 13.1. The summed E-state index contributed by atoms with van der Waals surface area (Å²) in [4.78, 5) is 15.8. The summed E-state index contributed by atoms with van der Waals surface area (Å²) in [6.45, 7) is 4.39. The van der Waals surface area contributed by atoms with Gasteiger partial charge in [-0.25, -0.2) is 4.98 Å². The molecule has 0 saturated carbocycles. The van der Waals surface area contributed by atoms with Crippen molar-refractivity contribution in [2.24, 2.45) is 5.92 Å². The molecule has 0 aliphatic rings. The Balaban J connectivity index is 1.89. The lowest BCUT2D eigenvalue weighted by Crippen LogP contribution is -2.18. The number of hydrogen-bond donors (Lipinski definition) is 2. The van der Waals surface area contributed by atoms with Crippen molar-refractivity contribution in [3.05, 3.63) is 48.2 Å². The lowest BCUT2D eigenvalue weighted by atomic mass is 10.2. The second-order valence-corrected chi connectivity index (χ2v) is 5.28. The van der Waals surface area contributed by atoms with Gasteiger partial charge in [-0.05, 0) is 29.8 Å². The molecule has 0 radical (unpaired) electrons. The highest BCUT2D eigenvalue weighted by Gasteiger charge is 2.07. The summed E-state index contributed by atoms with van der Waals surface area (Å²) in [5.41, 5.74) is 2.05. The number of methoxy groups -OCH3 is 1. The zero-order valence-corrected chi connectivity index (χ0v) is 13.1. The number of nitrogens with one attached hydrogen (secondary N) is 2. The van der Waals surface area contributed by atoms with E-state index in [9.17, 15) is 4.79 Å². The van der Waals surface area contributed by atoms with Gasteiger partial charge in [0.05, 0.1) is 19.0 Å². The first-order valence-corrected chi connectivity index (χ1v) is 7.22. The highest BCUT2D eigenvalue weighted by atomic mass is 16.5. The number of carbonyl (C=O) groups is 1. The second-order valence-electron chi connectivity index (χ2n) is 5.28. The molecule has 0 unspecified atom stereocenters. The van der Waals surface area contributed by atoms with Gasteiger partial charge >= 0.3 is 0 Å². The molecule has 1 heterocycles. The molecule has 2 aromatic rings. The van der Waals surface area contributed by atoms with Gasteiger partial charge in [-0.2, -0.15) is 0 Å². The van der Waals surface area contributed by atoms with Gasteiger partial charge in [0.25, 0.3) is 0 Å². The van der Waals surface area contributed by atoms with Crippen molar-refractivity contribution >= 4 is 17.4 Å². The standard InChI is InChI=1S/C17H21N3O2/c1-12(2)17(21)20-16-9-6-14(11-19-16)18-10-13-4-7-15(22-3)8-5-13/h4-9,11-12,18H,10H2,1-3H3,(H,19,20,21). The summed E-state index contributed by atoms with van der Waals surface area (Å²) in [6.07, 6.45) is 1.71. The van der Waals surface area contributed by atoms with Crippen LogP contribution in [-0.4, -0.2) is 18.0 Å². The van der Waals surface area contributed by atoms with Gasteiger partial charge in [0.15, 0.2) is 0 Å². The van der Waals surface area contributed by atoms with E-state index in [4.69, 9.17) is 4.74 Å². The number of benzene rings is 1. The van der Waals surface area contributed by atoms with Crippen LogP contribution in [0.2, 0.25) is 0 Å². The van der Waals surface area contributed by atoms with Crippen LogP contribution in [0.3, 0.4) is 0 Å². The minimum absolute atomic E-state index is 0.0357. The summed E-state index contributed by atoms with van der Waals surface area (Å²) in [5.74, 6) is 1.31. The van der Waals surface area contributed by atoms with Crippen LogP contribution < -0.4 is 15.4 Å². The first-order valence-electron chi connectivity index (χ1n) is 7.22. The quantitative estimate of drug-likeness (QED) is 0.859. The Hall–Kier alpha value is -2.56. The van der Waals surface area contributed by atoms with E-state index in [1.165, 1.54) is 0 Å². The molecule has 1 aromatic carbocycles. The molecule has 0 atom stereocenters. The molecule has 5 nitrogen and oxygen atoms in total. The third-order valence-electron chi connectivity index (χ3n) is 3.19. The van der Waals surface area contributed by atoms with Gasteiger partial charge in [-0.3, -0.25) is 4.79 Å². The Bertz CT molecular complexity index is 607. The number of anilines is 2. The molecule has 0 fully saturated rings. The average molecular weight is 299 g/mol. The van der Waals surface area contributed by atoms with E-state index in [-0.39, 0.29) is 11.8 Å². The maximum absolute atomic E-state index is 11.6. The van der Waals surface area contributed by atoms with Gasteiger partial charge < -0.3 is 15.4 Å². The molecular weight excluding hydrogens is 278 g/mol. The molecule has 2 rings (SSSR count). The lowest BCUT2D eigenvalue weighted by molar-refractivity contribution is -0.118. The van der Waals surface area contributed by atoms with E-state index in [1.54, 1.807) is 19.4 Å². The van der Waals surface area contributed by atoms with Crippen molar-refractivity contribution in [3.63, 3.8) is 0 Å². The minimum atomic E-state index is -0.0605. The highest BCUT2D eigenvalue weighted by Crippen LogP contribution is 2.14. The fourth-order valence-corrected chi connectivity index (χ4v) is 1.79. The number of pyridine rings is 1. The van der Waals surface area contributed by atoms with E-state index in [0.29, 0.717) is 12.4 Å². The van der Waals surface area contributed by atoms with Crippen LogP contribution in [0, 0.1) is 5.92 Å². The monoisotopic (exact) mass is 299 g/mol.